The largest absolute Gasteiger partial charge is 0.416 e. The van der Waals surface area contributed by atoms with Gasteiger partial charge in [0, 0.05) is 30.4 Å². The molecule has 0 spiro atoms. The van der Waals surface area contributed by atoms with Crippen molar-refractivity contribution in [2.75, 3.05) is 5.32 Å². The van der Waals surface area contributed by atoms with Crippen LogP contribution in [0.25, 0.3) is 16.9 Å². The number of carbonyl (C=O) groups is 1. The van der Waals surface area contributed by atoms with Gasteiger partial charge in [-0.3, -0.25) is 9.78 Å². The van der Waals surface area contributed by atoms with Crippen LogP contribution in [0, 0.1) is 0 Å². The number of imidazole rings is 1. The number of pyridine rings is 1. The van der Waals surface area contributed by atoms with Gasteiger partial charge in [-0.1, -0.05) is 12.1 Å². The number of carbonyl (C=O) groups excluding carboxylic acids is 1. The Morgan fingerprint density at radius 3 is 2.71 bits per heavy atom. The quantitative estimate of drug-likeness (QED) is 0.579. The van der Waals surface area contributed by atoms with E-state index in [0.717, 1.165) is 12.1 Å². The molecule has 0 unspecified atom stereocenters. The molecule has 140 valence electrons. The van der Waals surface area contributed by atoms with Gasteiger partial charge in [0.25, 0.3) is 5.91 Å². The van der Waals surface area contributed by atoms with Crippen LogP contribution < -0.4 is 5.32 Å². The van der Waals surface area contributed by atoms with E-state index < -0.39 is 17.6 Å². The number of alkyl halides is 3. The summed E-state index contributed by atoms with van der Waals surface area (Å²) in [6, 6.07) is 8.27. The van der Waals surface area contributed by atoms with E-state index in [4.69, 9.17) is 0 Å². The lowest BCUT2D eigenvalue weighted by Gasteiger charge is -2.07. The normalized spacial score (nSPS) is 11.5. The molecule has 0 bridgehead atoms. The molecule has 1 amide bonds. The number of benzene rings is 1. The monoisotopic (exact) mass is 383 g/mol. The predicted molar refractivity (Wildman–Crippen MR) is 95.6 cm³/mol. The summed E-state index contributed by atoms with van der Waals surface area (Å²) >= 11 is 0. The SMILES string of the molecule is O=C(Nc1cccn2cc(-c3cccc(C(F)(F)F)c3)nc12)c1cnccn1. The molecule has 0 aliphatic carbocycles. The Bertz CT molecular complexity index is 1160. The van der Waals surface area contributed by atoms with E-state index in [0.29, 0.717) is 22.6 Å². The maximum Gasteiger partial charge on any atom is 0.416 e. The Labute approximate surface area is 156 Å². The number of rotatable bonds is 3. The molecular weight excluding hydrogens is 371 g/mol. The second-order valence-electron chi connectivity index (χ2n) is 5.90. The van der Waals surface area contributed by atoms with Crippen LogP contribution in [-0.2, 0) is 6.18 Å². The maximum atomic E-state index is 13.0. The van der Waals surface area contributed by atoms with Gasteiger partial charge in [-0.25, -0.2) is 9.97 Å². The lowest BCUT2D eigenvalue weighted by Crippen LogP contribution is -2.14. The zero-order valence-electron chi connectivity index (χ0n) is 14.2. The van der Waals surface area contributed by atoms with Gasteiger partial charge in [-0.15, -0.1) is 0 Å². The maximum absolute atomic E-state index is 13.0. The highest BCUT2D eigenvalue weighted by atomic mass is 19.4. The molecule has 9 heteroatoms. The number of aromatic nitrogens is 4. The van der Waals surface area contributed by atoms with Gasteiger partial charge in [0.2, 0.25) is 0 Å². The average Bonchev–Trinajstić information content (AvgIpc) is 3.13. The van der Waals surface area contributed by atoms with Gasteiger partial charge in [-0.2, -0.15) is 13.2 Å². The molecule has 0 aliphatic rings. The molecule has 6 nitrogen and oxygen atoms in total. The number of fused-ring (bicyclic) bond motifs is 1. The molecule has 0 aliphatic heterocycles. The van der Waals surface area contributed by atoms with E-state index in [1.807, 2.05) is 0 Å². The standard InChI is InChI=1S/C19H12F3N5O/c20-19(21,22)13-4-1-3-12(9-13)16-11-27-8-2-5-14(17(27)25-16)26-18(28)15-10-23-6-7-24-15/h1-11H,(H,26,28). The van der Waals surface area contributed by atoms with Crippen molar-refractivity contribution in [2.24, 2.45) is 0 Å². The Hall–Kier alpha value is -3.75. The van der Waals surface area contributed by atoms with Gasteiger partial charge in [0.15, 0.2) is 5.65 Å². The van der Waals surface area contributed by atoms with Gasteiger partial charge < -0.3 is 9.72 Å². The fourth-order valence-electron chi connectivity index (χ4n) is 2.71. The molecule has 1 N–H and O–H groups in total. The lowest BCUT2D eigenvalue weighted by atomic mass is 10.1. The number of nitrogens with one attached hydrogen (secondary N) is 1. The Morgan fingerprint density at radius 2 is 1.96 bits per heavy atom. The number of nitrogens with zero attached hydrogens (tertiary/aromatic N) is 4. The summed E-state index contributed by atoms with van der Waals surface area (Å²) in [5, 5.41) is 2.70. The molecule has 0 atom stereocenters. The molecule has 4 rings (SSSR count). The topological polar surface area (TPSA) is 72.2 Å². The fourth-order valence-corrected chi connectivity index (χ4v) is 2.71. The van der Waals surface area contributed by atoms with E-state index in [2.05, 4.69) is 20.3 Å². The van der Waals surface area contributed by atoms with Crippen LogP contribution in [0.2, 0.25) is 0 Å². The molecule has 1 aromatic carbocycles. The lowest BCUT2D eigenvalue weighted by molar-refractivity contribution is -0.137. The van der Waals surface area contributed by atoms with E-state index in [1.165, 1.54) is 24.7 Å². The number of amides is 1. The van der Waals surface area contributed by atoms with Gasteiger partial charge in [0.1, 0.15) is 5.69 Å². The third kappa shape index (κ3) is 3.41. The number of anilines is 1. The van der Waals surface area contributed by atoms with Gasteiger partial charge >= 0.3 is 6.18 Å². The van der Waals surface area contributed by atoms with E-state index in [1.54, 1.807) is 35.0 Å². The van der Waals surface area contributed by atoms with Crippen LogP contribution in [0.5, 0.6) is 0 Å². The Balaban J connectivity index is 1.71. The summed E-state index contributed by atoms with van der Waals surface area (Å²) in [6.45, 7) is 0. The summed E-state index contributed by atoms with van der Waals surface area (Å²) in [4.78, 5) is 24.5. The van der Waals surface area contributed by atoms with Crippen LogP contribution in [0.3, 0.4) is 0 Å². The number of halogens is 3. The molecule has 0 saturated carbocycles. The first-order valence-corrected chi connectivity index (χ1v) is 8.14. The van der Waals surface area contributed by atoms with Gasteiger partial charge in [-0.05, 0) is 24.3 Å². The first-order chi connectivity index (χ1) is 13.4. The Morgan fingerprint density at radius 1 is 1.11 bits per heavy atom. The Kier molecular flexibility index (Phi) is 4.26. The van der Waals surface area contributed by atoms with E-state index in [-0.39, 0.29) is 5.69 Å². The van der Waals surface area contributed by atoms with Crippen LogP contribution in [-0.4, -0.2) is 25.3 Å². The van der Waals surface area contributed by atoms with Crippen LogP contribution in [0.4, 0.5) is 18.9 Å². The van der Waals surface area contributed by atoms with Crippen molar-refractivity contribution < 1.29 is 18.0 Å². The highest BCUT2D eigenvalue weighted by Crippen LogP contribution is 2.32. The fraction of sp³-hybridized carbons (Fsp3) is 0.0526. The zero-order chi connectivity index (χ0) is 19.7. The summed E-state index contributed by atoms with van der Waals surface area (Å²) in [7, 11) is 0. The van der Waals surface area contributed by atoms with Crippen molar-refractivity contribution in [1.29, 1.82) is 0 Å². The molecule has 3 aromatic heterocycles. The highest BCUT2D eigenvalue weighted by Gasteiger charge is 2.30. The van der Waals surface area contributed by atoms with Crippen molar-refractivity contribution in [2.45, 2.75) is 6.18 Å². The van der Waals surface area contributed by atoms with Gasteiger partial charge in [0.05, 0.1) is 23.1 Å². The molecule has 3 heterocycles. The number of hydrogen-bond donors (Lipinski definition) is 1. The molecule has 0 saturated heterocycles. The van der Waals surface area contributed by atoms with Crippen molar-refractivity contribution in [1.82, 2.24) is 19.4 Å². The van der Waals surface area contributed by atoms with Crippen LogP contribution in [0.1, 0.15) is 16.1 Å². The third-order valence-electron chi connectivity index (χ3n) is 4.01. The molecule has 0 fully saturated rings. The second-order valence-corrected chi connectivity index (χ2v) is 5.90. The van der Waals surface area contributed by atoms with Crippen LogP contribution >= 0.6 is 0 Å². The van der Waals surface area contributed by atoms with Crippen molar-refractivity contribution in [3.05, 3.63) is 78.6 Å². The smallest absolute Gasteiger partial charge is 0.317 e. The number of hydrogen-bond acceptors (Lipinski definition) is 4. The van der Waals surface area contributed by atoms with Crippen molar-refractivity contribution in [3.63, 3.8) is 0 Å². The van der Waals surface area contributed by atoms with E-state index >= 15 is 0 Å². The zero-order valence-corrected chi connectivity index (χ0v) is 14.2. The third-order valence-corrected chi connectivity index (χ3v) is 4.01. The summed E-state index contributed by atoms with van der Waals surface area (Å²) in [5.74, 6) is -0.468. The molecular formula is C19H12F3N5O. The van der Waals surface area contributed by atoms with Crippen LogP contribution in [0.15, 0.2) is 67.4 Å². The first kappa shape index (κ1) is 17.7. The highest BCUT2D eigenvalue weighted by molar-refractivity contribution is 6.04. The summed E-state index contributed by atoms with van der Waals surface area (Å²) in [5.41, 5.74) is 0.855. The minimum Gasteiger partial charge on any atom is -0.317 e. The summed E-state index contributed by atoms with van der Waals surface area (Å²) < 4.78 is 40.5. The molecule has 28 heavy (non-hydrogen) atoms. The van der Waals surface area contributed by atoms with Crippen molar-refractivity contribution >= 4 is 17.2 Å². The minimum absolute atomic E-state index is 0.133. The molecule has 0 radical (unpaired) electrons. The second kappa shape index (κ2) is 6.76. The molecule has 4 aromatic rings. The van der Waals surface area contributed by atoms with Crippen molar-refractivity contribution in [3.8, 4) is 11.3 Å². The predicted octanol–water partition coefficient (Wildman–Crippen LogP) is 4.06. The van der Waals surface area contributed by atoms with E-state index in [9.17, 15) is 18.0 Å². The summed E-state index contributed by atoms with van der Waals surface area (Å²) in [6.07, 6.45) is 3.03. The average molecular weight is 383 g/mol. The first-order valence-electron chi connectivity index (χ1n) is 8.14. The minimum atomic E-state index is -4.44.